The number of halogens is 2. The number of nitrogens with zero attached hydrogens (tertiary/aromatic N) is 1. The van der Waals surface area contributed by atoms with Gasteiger partial charge in [0.05, 0.1) is 3.79 Å². The molecule has 1 aromatic rings. The van der Waals surface area contributed by atoms with Crippen molar-refractivity contribution in [3.05, 3.63) is 19.2 Å². The Morgan fingerprint density at radius 2 is 2.29 bits per heavy atom. The molecule has 1 aliphatic heterocycles. The number of rotatable bonds is 3. The Labute approximate surface area is 124 Å². The lowest BCUT2D eigenvalue weighted by molar-refractivity contribution is 0.100. The molecule has 1 aliphatic rings. The Bertz CT molecular complexity index is 361. The molecule has 1 saturated heterocycles. The van der Waals surface area contributed by atoms with Crippen LogP contribution in [0.3, 0.4) is 0 Å². The first-order valence-electron chi connectivity index (χ1n) is 5.99. The number of hydrogen-bond donors (Lipinski definition) is 1. The molecular weight excluding hydrogens is 364 g/mol. The SMILES string of the molecule is CC1CCCN(Cc2cc(Br)c(Br)s2)C1CN. The van der Waals surface area contributed by atoms with Crippen molar-refractivity contribution >= 4 is 43.2 Å². The van der Waals surface area contributed by atoms with Gasteiger partial charge in [0.1, 0.15) is 0 Å². The lowest BCUT2D eigenvalue weighted by Crippen LogP contribution is -2.47. The summed E-state index contributed by atoms with van der Waals surface area (Å²) in [5, 5.41) is 0. The summed E-state index contributed by atoms with van der Waals surface area (Å²) in [7, 11) is 0. The summed E-state index contributed by atoms with van der Waals surface area (Å²) in [6.07, 6.45) is 2.61. The first-order chi connectivity index (χ1) is 8.11. The summed E-state index contributed by atoms with van der Waals surface area (Å²) in [5.41, 5.74) is 5.92. The Hall–Kier alpha value is 0.580. The topological polar surface area (TPSA) is 29.3 Å². The third-order valence-corrected chi connectivity index (χ3v) is 6.77. The normalized spacial score (nSPS) is 26.4. The Morgan fingerprint density at radius 3 is 2.88 bits per heavy atom. The van der Waals surface area contributed by atoms with E-state index < -0.39 is 0 Å². The maximum atomic E-state index is 5.92. The zero-order chi connectivity index (χ0) is 12.4. The van der Waals surface area contributed by atoms with Gasteiger partial charge in [-0.15, -0.1) is 11.3 Å². The summed E-state index contributed by atoms with van der Waals surface area (Å²) < 4.78 is 2.34. The third kappa shape index (κ3) is 3.32. The third-order valence-electron chi connectivity index (χ3n) is 3.53. The van der Waals surface area contributed by atoms with Crippen LogP contribution in [0, 0.1) is 5.92 Å². The van der Waals surface area contributed by atoms with Gasteiger partial charge in [-0.25, -0.2) is 0 Å². The molecule has 0 saturated carbocycles. The van der Waals surface area contributed by atoms with E-state index in [0.29, 0.717) is 6.04 Å². The highest BCUT2D eigenvalue weighted by Gasteiger charge is 2.27. The molecule has 0 aliphatic carbocycles. The molecule has 96 valence electrons. The van der Waals surface area contributed by atoms with Crippen LogP contribution in [0.15, 0.2) is 14.3 Å². The van der Waals surface area contributed by atoms with Crippen LogP contribution in [-0.4, -0.2) is 24.0 Å². The Kier molecular flexibility index (Phi) is 5.06. The zero-order valence-electron chi connectivity index (χ0n) is 9.96. The molecule has 0 spiro atoms. The van der Waals surface area contributed by atoms with Gasteiger partial charge < -0.3 is 5.73 Å². The van der Waals surface area contributed by atoms with Crippen molar-refractivity contribution in [1.82, 2.24) is 4.90 Å². The van der Waals surface area contributed by atoms with Crippen molar-refractivity contribution in [2.24, 2.45) is 11.7 Å². The first-order valence-corrected chi connectivity index (χ1v) is 8.40. The molecule has 0 bridgehead atoms. The van der Waals surface area contributed by atoms with Crippen LogP contribution >= 0.6 is 43.2 Å². The molecular formula is C12H18Br2N2S. The minimum absolute atomic E-state index is 0.545. The fourth-order valence-electron chi connectivity index (χ4n) is 2.58. The van der Waals surface area contributed by atoms with E-state index in [4.69, 9.17) is 5.73 Å². The molecule has 2 unspecified atom stereocenters. The van der Waals surface area contributed by atoms with Crippen molar-refractivity contribution in [3.63, 3.8) is 0 Å². The van der Waals surface area contributed by atoms with E-state index in [0.717, 1.165) is 23.5 Å². The van der Waals surface area contributed by atoms with Crippen molar-refractivity contribution in [3.8, 4) is 0 Å². The van der Waals surface area contributed by atoms with Crippen LogP contribution in [0.2, 0.25) is 0 Å². The van der Waals surface area contributed by atoms with Gasteiger partial charge >= 0.3 is 0 Å². The van der Waals surface area contributed by atoms with Crippen molar-refractivity contribution < 1.29 is 0 Å². The molecule has 17 heavy (non-hydrogen) atoms. The summed E-state index contributed by atoms with van der Waals surface area (Å²) in [6.45, 7) is 5.30. The second kappa shape index (κ2) is 6.15. The van der Waals surface area contributed by atoms with Crippen LogP contribution < -0.4 is 5.73 Å². The number of hydrogen-bond acceptors (Lipinski definition) is 3. The Morgan fingerprint density at radius 1 is 1.53 bits per heavy atom. The fourth-order valence-corrected chi connectivity index (χ4v) is 4.78. The standard InChI is InChI=1S/C12H18Br2N2S/c1-8-3-2-4-16(11(8)6-15)7-9-5-10(13)12(14)17-9/h5,8,11H,2-4,6-7,15H2,1H3. The van der Waals surface area contributed by atoms with Gasteiger partial charge in [0.15, 0.2) is 0 Å². The van der Waals surface area contributed by atoms with E-state index in [1.165, 1.54) is 28.0 Å². The molecule has 2 nitrogen and oxygen atoms in total. The monoisotopic (exact) mass is 380 g/mol. The van der Waals surface area contributed by atoms with Crippen molar-refractivity contribution in [2.75, 3.05) is 13.1 Å². The summed E-state index contributed by atoms with van der Waals surface area (Å²) in [4.78, 5) is 3.94. The molecule has 0 aromatic carbocycles. The van der Waals surface area contributed by atoms with E-state index in [1.54, 1.807) is 0 Å². The van der Waals surface area contributed by atoms with Crippen LogP contribution in [0.25, 0.3) is 0 Å². The van der Waals surface area contributed by atoms with E-state index in [1.807, 2.05) is 11.3 Å². The quantitative estimate of drug-likeness (QED) is 0.861. The molecule has 2 N–H and O–H groups in total. The van der Waals surface area contributed by atoms with E-state index in [9.17, 15) is 0 Å². The van der Waals surface area contributed by atoms with Crippen LogP contribution in [0.1, 0.15) is 24.6 Å². The van der Waals surface area contributed by atoms with Crippen LogP contribution in [0.5, 0.6) is 0 Å². The van der Waals surface area contributed by atoms with Gasteiger partial charge in [-0.05, 0) is 63.2 Å². The highest BCUT2D eigenvalue weighted by molar-refractivity contribution is 9.13. The van der Waals surface area contributed by atoms with Gasteiger partial charge in [0.2, 0.25) is 0 Å². The average molecular weight is 382 g/mol. The highest BCUT2D eigenvalue weighted by atomic mass is 79.9. The molecule has 5 heteroatoms. The van der Waals surface area contributed by atoms with Gasteiger partial charge in [-0.2, -0.15) is 0 Å². The Balaban J connectivity index is 2.06. The molecule has 1 fully saturated rings. The van der Waals surface area contributed by atoms with E-state index >= 15 is 0 Å². The highest BCUT2D eigenvalue weighted by Crippen LogP contribution is 2.34. The maximum absolute atomic E-state index is 5.92. The second-order valence-electron chi connectivity index (χ2n) is 4.73. The van der Waals surface area contributed by atoms with E-state index in [2.05, 4.69) is 49.7 Å². The lowest BCUT2D eigenvalue weighted by Gasteiger charge is -2.39. The zero-order valence-corrected chi connectivity index (χ0v) is 13.9. The van der Waals surface area contributed by atoms with Gasteiger partial charge in [0, 0.05) is 28.5 Å². The first kappa shape index (κ1) is 14.0. The number of likely N-dealkylation sites (tertiary alicyclic amines) is 1. The molecule has 0 amide bonds. The van der Waals surface area contributed by atoms with Crippen LogP contribution in [0.4, 0.5) is 0 Å². The predicted molar refractivity (Wildman–Crippen MR) is 81.4 cm³/mol. The summed E-state index contributed by atoms with van der Waals surface area (Å²) in [5.74, 6) is 0.723. The smallest absolute Gasteiger partial charge is 0.0843 e. The van der Waals surface area contributed by atoms with Gasteiger partial charge in [-0.3, -0.25) is 4.90 Å². The molecule has 2 atom stereocenters. The lowest BCUT2D eigenvalue weighted by atomic mass is 9.91. The average Bonchev–Trinajstić information content (AvgIpc) is 2.58. The van der Waals surface area contributed by atoms with Gasteiger partial charge in [0.25, 0.3) is 0 Å². The molecule has 2 heterocycles. The molecule has 0 radical (unpaired) electrons. The van der Waals surface area contributed by atoms with Crippen LogP contribution in [-0.2, 0) is 6.54 Å². The maximum Gasteiger partial charge on any atom is 0.0843 e. The predicted octanol–water partition coefficient (Wildman–Crippen LogP) is 3.83. The largest absolute Gasteiger partial charge is 0.329 e. The van der Waals surface area contributed by atoms with Crippen molar-refractivity contribution in [1.29, 1.82) is 0 Å². The van der Waals surface area contributed by atoms with E-state index in [-0.39, 0.29) is 0 Å². The molecule has 1 aromatic heterocycles. The summed E-state index contributed by atoms with van der Waals surface area (Å²) in [6, 6.07) is 2.75. The number of piperidine rings is 1. The van der Waals surface area contributed by atoms with Gasteiger partial charge in [-0.1, -0.05) is 6.92 Å². The number of thiophene rings is 1. The minimum Gasteiger partial charge on any atom is -0.329 e. The minimum atomic E-state index is 0.545. The summed E-state index contributed by atoms with van der Waals surface area (Å²) >= 11 is 8.91. The number of nitrogens with two attached hydrogens (primary N) is 1. The fraction of sp³-hybridized carbons (Fsp3) is 0.667. The van der Waals surface area contributed by atoms with Crippen molar-refractivity contribution in [2.45, 2.75) is 32.4 Å². The molecule has 2 rings (SSSR count). The second-order valence-corrected chi connectivity index (χ2v) is 8.04.